The van der Waals surface area contributed by atoms with Crippen LogP contribution in [-0.2, 0) is 61.9 Å². The zero-order chi connectivity index (χ0) is 55.7. The molecule has 4 heterocycles. The Bertz CT molecular complexity index is 1850. The van der Waals surface area contributed by atoms with E-state index >= 15 is 0 Å². The number of hydrogen-bond donors (Lipinski definition) is 20. The quantitative estimate of drug-likeness (QED) is 0.0427. The Kier molecular flexibility index (Phi) is 23.5. The van der Waals surface area contributed by atoms with E-state index in [1.165, 1.54) is 0 Å². The van der Waals surface area contributed by atoms with Crippen molar-refractivity contribution in [2.45, 2.75) is 187 Å². The van der Waals surface area contributed by atoms with E-state index in [9.17, 15) is 106 Å². The monoisotopic (exact) mass is 1080 g/mol. The zero-order valence-electron chi connectivity index (χ0n) is 40.3. The minimum atomic E-state index is -3.21. The van der Waals surface area contributed by atoms with Gasteiger partial charge in [0.05, 0.1) is 57.8 Å². The highest BCUT2D eigenvalue weighted by molar-refractivity contribution is 5.77. The Morgan fingerprint density at radius 2 is 1.14 bits per heavy atom. The highest BCUT2D eigenvalue weighted by atomic mass is 16.8. The number of nitrogens with one attached hydrogen (secondary N) is 4. The second-order valence-corrected chi connectivity index (χ2v) is 18.1. The van der Waals surface area contributed by atoms with E-state index in [0.29, 0.717) is 0 Å². The molecular formula is C41H70N4O29. The second-order valence-electron chi connectivity index (χ2n) is 18.1. The lowest BCUT2D eigenvalue weighted by molar-refractivity contribution is -0.376. The van der Waals surface area contributed by atoms with Crippen LogP contribution in [0, 0.1) is 0 Å². The predicted molar refractivity (Wildman–Crippen MR) is 232 cm³/mol. The van der Waals surface area contributed by atoms with Gasteiger partial charge in [-0.1, -0.05) is 0 Å². The maximum absolute atomic E-state index is 13.0. The van der Waals surface area contributed by atoms with Gasteiger partial charge in [-0.3, -0.25) is 19.2 Å². The van der Waals surface area contributed by atoms with Crippen LogP contribution in [-0.4, -0.2) is 304 Å². The number of amides is 4. The maximum Gasteiger partial charge on any atom is 0.364 e. The molecule has 428 valence electrons. The van der Waals surface area contributed by atoms with E-state index in [-0.39, 0.29) is 0 Å². The average Bonchev–Trinajstić information content (AvgIpc) is 3.34. The molecule has 4 rings (SSSR count). The number of aliphatic hydroxyl groups is 15. The summed E-state index contributed by atoms with van der Waals surface area (Å²) in [4.78, 5) is 61.7. The van der Waals surface area contributed by atoms with Crippen molar-refractivity contribution in [1.29, 1.82) is 0 Å². The van der Waals surface area contributed by atoms with E-state index in [0.717, 1.165) is 27.7 Å². The molecule has 4 fully saturated rings. The van der Waals surface area contributed by atoms with Crippen molar-refractivity contribution < 1.29 is 144 Å². The molecule has 0 radical (unpaired) electrons. The summed E-state index contributed by atoms with van der Waals surface area (Å²) < 4.78 is 45.5. The van der Waals surface area contributed by atoms with E-state index < -0.39 is 228 Å². The number of carbonyl (C=O) groups excluding carboxylic acids is 4. The number of aliphatic hydroxyl groups excluding tert-OH is 15. The normalized spacial score (nSPS) is 39.1. The van der Waals surface area contributed by atoms with Gasteiger partial charge in [-0.2, -0.15) is 0 Å². The van der Waals surface area contributed by atoms with E-state index in [1.54, 1.807) is 0 Å². The Balaban J connectivity index is 1.62. The van der Waals surface area contributed by atoms with Crippen molar-refractivity contribution >= 4 is 29.6 Å². The summed E-state index contributed by atoms with van der Waals surface area (Å²) >= 11 is 0. The zero-order valence-corrected chi connectivity index (χ0v) is 40.3. The molecule has 4 saturated heterocycles. The topological polar surface area (TPSA) is 531 Å². The molecule has 25 atom stereocenters. The number of carboxylic acid groups (broad SMARTS) is 1. The molecule has 4 aliphatic heterocycles. The first kappa shape index (κ1) is 63.0. The van der Waals surface area contributed by atoms with Crippen molar-refractivity contribution in [3.8, 4) is 0 Å². The van der Waals surface area contributed by atoms with Crippen molar-refractivity contribution in [2.75, 3.05) is 39.6 Å². The third-order valence-corrected chi connectivity index (χ3v) is 12.5. The SMILES string of the molecule is CC(=O)N[C@H]1[C@H](OC[C@@H](O)[C@H](O)[C@H](O[C@@H]2O[C@H](CO)[C@H](O)[C@H](O[C@]3(C(=O)O)C[C@H](O)[C@@H](NC(C)=O)[C@H]([C@H](O)[C@H](O)CO)O3)[C@H]2O)[C@H](CO)NC(C)=O)O[C@H](CO)[C@@H](O[C@@H]2O[C@H](CO)[C@H](O)[C@H](O)[C@H]2NC(C)=O)[C@@H]1O. The lowest BCUT2D eigenvalue weighted by atomic mass is 9.88. The molecule has 33 nitrogen and oxygen atoms in total. The highest BCUT2D eigenvalue weighted by Gasteiger charge is 2.60. The van der Waals surface area contributed by atoms with Gasteiger partial charge in [-0.15, -0.1) is 0 Å². The fourth-order valence-electron chi connectivity index (χ4n) is 8.85. The highest BCUT2D eigenvalue weighted by Crippen LogP contribution is 2.38. The fourth-order valence-corrected chi connectivity index (χ4v) is 8.85. The van der Waals surface area contributed by atoms with Crippen LogP contribution in [0.15, 0.2) is 0 Å². The van der Waals surface area contributed by atoms with Crippen molar-refractivity contribution in [2.24, 2.45) is 0 Å². The standard InChI is InChI=1S/C41H70N4O29/c1-12(51)42-16(6-46)33(71-39-32(64)36(29(61)21(9-49)69-39)74-41(40(65)66)5-17(55)23(43-13(2)52)35(73-41)26(58)18(56)7-47)27(59)19(57)11-67-37-25(45-15(4)54)31(63)34(22(10-50)70-37)72-38-24(44-14(3)53)30(62)28(60)20(8-48)68-38/h16-39,46-50,55-64H,5-11H2,1-4H3,(H,42,51)(H,43,52)(H,44,53)(H,45,54)(H,65,66)/t16-,17-,18+,19+,20+,21+,22+,23+,24+,25+,26+,27-,28-,29-,30+,31+,32+,33+,34+,35+,36-,37+,38-,39-,41-/m0/s1. The third kappa shape index (κ3) is 14.9. The van der Waals surface area contributed by atoms with Crippen molar-refractivity contribution in [3.63, 3.8) is 0 Å². The lowest BCUT2D eigenvalue weighted by Crippen LogP contribution is -2.70. The van der Waals surface area contributed by atoms with Crippen LogP contribution in [0.3, 0.4) is 0 Å². The van der Waals surface area contributed by atoms with Gasteiger partial charge in [0.2, 0.25) is 23.6 Å². The van der Waals surface area contributed by atoms with Crippen LogP contribution in [0.25, 0.3) is 0 Å². The third-order valence-electron chi connectivity index (χ3n) is 12.5. The summed E-state index contributed by atoms with van der Waals surface area (Å²) in [6.07, 6.45) is -41.4. The molecule has 0 spiro atoms. The molecule has 4 amide bonds. The number of carbonyl (C=O) groups is 5. The van der Waals surface area contributed by atoms with Gasteiger partial charge in [-0.25, -0.2) is 4.79 Å². The molecule has 0 aromatic heterocycles. The van der Waals surface area contributed by atoms with Crippen molar-refractivity contribution in [1.82, 2.24) is 21.3 Å². The van der Waals surface area contributed by atoms with E-state index in [4.69, 9.17) is 37.9 Å². The molecular weight excluding hydrogens is 1010 g/mol. The molecule has 0 saturated carbocycles. The minimum Gasteiger partial charge on any atom is -0.477 e. The summed E-state index contributed by atoms with van der Waals surface area (Å²) in [6, 6.07) is -6.65. The average molecular weight is 1080 g/mol. The lowest BCUT2D eigenvalue weighted by Gasteiger charge is -2.50. The first-order chi connectivity index (χ1) is 34.7. The summed E-state index contributed by atoms with van der Waals surface area (Å²) in [6.45, 7) is -2.29. The molecule has 0 aromatic rings. The second kappa shape index (κ2) is 27.7. The van der Waals surface area contributed by atoms with Gasteiger partial charge in [0.25, 0.3) is 5.79 Å². The molecule has 0 aromatic carbocycles. The Morgan fingerprint density at radius 1 is 0.608 bits per heavy atom. The van der Waals surface area contributed by atoms with Crippen LogP contribution < -0.4 is 21.3 Å². The Morgan fingerprint density at radius 3 is 1.65 bits per heavy atom. The van der Waals surface area contributed by atoms with Crippen LogP contribution >= 0.6 is 0 Å². The van der Waals surface area contributed by atoms with Crippen LogP contribution in [0.2, 0.25) is 0 Å². The van der Waals surface area contributed by atoms with Gasteiger partial charge < -0.3 is 141 Å². The number of ether oxygens (including phenoxy) is 8. The molecule has 0 aliphatic carbocycles. The molecule has 0 unspecified atom stereocenters. The molecule has 4 aliphatic rings. The molecule has 0 bridgehead atoms. The van der Waals surface area contributed by atoms with Crippen LogP contribution in [0.5, 0.6) is 0 Å². The van der Waals surface area contributed by atoms with Crippen LogP contribution in [0.4, 0.5) is 0 Å². The predicted octanol–water partition coefficient (Wildman–Crippen LogP) is -12.5. The van der Waals surface area contributed by atoms with Gasteiger partial charge in [0.1, 0.15) is 110 Å². The first-order valence-electron chi connectivity index (χ1n) is 23.1. The Labute approximate surface area is 420 Å². The van der Waals surface area contributed by atoms with Gasteiger partial charge in [-0.05, 0) is 0 Å². The van der Waals surface area contributed by atoms with Gasteiger partial charge in [0, 0.05) is 34.1 Å². The summed E-state index contributed by atoms with van der Waals surface area (Å²) in [5.74, 6) is -8.56. The molecule has 20 N–H and O–H groups in total. The maximum atomic E-state index is 13.0. The number of carboxylic acids is 1. The van der Waals surface area contributed by atoms with Crippen molar-refractivity contribution in [3.05, 3.63) is 0 Å². The summed E-state index contributed by atoms with van der Waals surface area (Å²) in [5.41, 5.74) is 0. The Hall–Kier alpha value is -3.57. The van der Waals surface area contributed by atoms with E-state index in [2.05, 4.69) is 21.3 Å². The number of hydrogen-bond acceptors (Lipinski definition) is 28. The summed E-state index contributed by atoms with van der Waals surface area (Å²) in [7, 11) is 0. The van der Waals surface area contributed by atoms with Gasteiger partial charge in [0.15, 0.2) is 18.9 Å². The largest absolute Gasteiger partial charge is 0.477 e. The fraction of sp³-hybridized carbons (Fsp3) is 0.878. The first-order valence-corrected chi connectivity index (χ1v) is 23.1. The molecule has 33 heteroatoms. The summed E-state index contributed by atoms with van der Waals surface area (Å²) in [5, 5.41) is 181. The minimum absolute atomic E-state index is 0.733. The van der Waals surface area contributed by atoms with Gasteiger partial charge >= 0.3 is 5.97 Å². The molecule has 74 heavy (non-hydrogen) atoms. The van der Waals surface area contributed by atoms with E-state index in [1.807, 2.05) is 0 Å². The number of aliphatic carboxylic acids is 1. The smallest absolute Gasteiger partial charge is 0.364 e. The van der Waals surface area contributed by atoms with Crippen LogP contribution in [0.1, 0.15) is 34.1 Å². The number of rotatable bonds is 24.